The second kappa shape index (κ2) is 7.64. The van der Waals surface area contributed by atoms with Crippen LogP contribution in [0.1, 0.15) is 35.8 Å². The van der Waals surface area contributed by atoms with Crippen LogP contribution in [-0.4, -0.2) is 22.5 Å². The van der Waals surface area contributed by atoms with Gasteiger partial charge in [0.15, 0.2) is 11.5 Å². The third-order valence-corrected chi connectivity index (χ3v) is 3.78. The number of hydrogen-bond acceptors (Lipinski definition) is 4. The van der Waals surface area contributed by atoms with Gasteiger partial charge in [0.05, 0.1) is 6.26 Å². The summed E-state index contributed by atoms with van der Waals surface area (Å²) in [5.41, 5.74) is 1.39. The van der Waals surface area contributed by atoms with Crippen LogP contribution < -0.4 is 0 Å². The van der Waals surface area contributed by atoms with Crippen LogP contribution in [0.15, 0.2) is 63.7 Å². The lowest BCUT2D eigenvalue weighted by Crippen LogP contribution is -2.31. The predicted octanol–water partition coefficient (Wildman–Crippen LogP) is 4.38. The quantitative estimate of drug-likeness (QED) is 0.647. The maximum absolute atomic E-state index is 12.8. The fraction of sp³-hybridized carbons (Fsp3) is 0.263. The van der Waals surface area contributed by atoms with Gasteiger partial charge in [-0.05, 0) is 24.1 Å². The molecule has 24 heavy (non-hydrogen) atoms. The lowest BCUT2D eigenvalue weighted by atomic mass is 10.2. The molecule has 3 aromatic rings. The molecule has 0 radical (unpaired) electrons. The largest absolute Gasteiger partial charge is 0.461 e. The summed E-state index contributed by atoms with van der Waals surface area (Å²) in [7, 11) is 0. The summed E-state index contributed by atoms with van der Waals surface area (Å²) in [4.78, 5) is 14.6. The lowest BCUT2D eigenvalue weighted by molar-refractivity contribution is 0.0730. The highest BCUT2D eigenvalue weighted by Crippen LogP contribution is 2.21. The molecular formula is C19H20N2O3. The van der Waals surface area contributed by atoms with E-state index in [9.17, 15) is 4.79 Å². The smallest absolute Gasteiger partial charge is 0.276 e. The molecule has 3 rings (SSSR count). The molecule has 0 saturated heterocycles. The number of benzene rings is 1. The molecule has 5 nitrogen and oxygen atoms in total. The standard InChI is InChI=1S/C19H20N2O3/c1-2-3-11-21(14-15-8-5-4-6-9-15)19(22)16-13-18(24-20-16)17-10-7-12-23-17/h4-10,12-13H,2-3,11,14H2,1H3. The molecule has 0 aliphatic rings. The molecule has 0 aliphatic carbocycles. The maximum Gasteiger partial charge on any atom is 0.276 e. The maximum atomic E-state index is 12.8. The average Bonchev–Trinajstić information content (AvgIpc) is 3.29. The van der Waals surface area contributed by atoms with E-state index in [1.165, 1.54) is 0 Å². The van der Waals surface area contributed by atoms with Gasteiger partial charge in [0.2, 0.25) is 5.76 Å². The van der Waals surface area contributed by atoms with Gasteiger partial charge in [-0.1, -0.05) is 48.8 Å². The fourth-order valence-electron chi connectivity index (χ4n) is 2.48. The second-order valence-corrected chi connectivity index (χ2v) is 5.62. The molecule has 0 atom stereocenters. The van der Waals surface area contributed by atoms with Gasteiger partial charge in [-0.15, -0.1) is 0 Å². The van der Waals surface area contributed by atoms with Crippen molar-refractivity contribution in [2.24, 2.45) is 0 Å². The molecule has 1 amide bonds. The van der Waals surface area contributed by atoms with Crippen molar-refractivity contribution >= 4 is 5.91 Å². The van der Waals surface area contributed by atoms with Crippen LogP contribution >= 0.6 is 0 Å². The number of rotatable bonds is 7. The summed E-state index contributed by atoms with van der Waals surface area (Å²) in [6.07, 6.45) is 3.53. The van der Waals surface area contributed by atoms with Gasteiger partial charge >= 0.3 is 0 Å². The van der Waals surface area contributed by atoms with E-state index in [2.05, 4.69) is 12.1 Å². The first kappa shape index (κ1) is 16.1. The highest BCUT2D eigenvalue weighted by Gasteiger charge is 2.21. The van der Waals surface area contributed by atoms with Crippen molar-refractivity contribution in [3.05, 3.63) is 66.1 Å². The number of unbranched alkanes of at least 4 members (excludes halogenated alkanes) is 1. The van der Waals surface area contributed by atoms with E-state index in [4.69, 9.17) is 8.94 Å². The lowest BCUT2D eigenvalue weighted by Gasteiger charge is -2.21. The molecule has 2 aromatic heterocycles. The SMILES string of the molecule is CCCCN(Cc1ccccc1)C(=O)c1cc(-c2ccco2)on1. The molecule has 1 aromatic carbocycles. The monoisotopic (exact) mass is 324 g/mol. The Bertz CT molecular complexity index is 763. The molecule has 2 heterocycles. The van der Waals surface area contributed by atoms with E-state index in [1.54, 1.807) is 24.5 Å². The van der Waals surface area contributed by atoms with Crippen molar-refractivity contribution in [3.8, 4) is 11.5 Å². The minimum atomic E-state index is -0.131. The van der Waals surface area contributed by atoms with E-state index in [0.717, 1.165) is 18.4 Å². The van der Waals surface area contributed by atoms with Crippen molar-refractivity contribution in [1.82, 2.24) is 10.1 Å². The van der Waals surface area contributed by atoms with Gasteiger partial charge in [-0.2, -0.15) is 0 Å². The van der Waals surface area contributed by atoms with Gasteiger partial charge < -0.3 is 13.8 Å². The number of hydrogen-bond donors (Lipinski definition) is 0. The van der Waals surface area contributed by atoms with Gasteiger partial charge in [0, 0.05) is 19.2 Å². The minimum absolute atomic E-state index is 0.131. The number of aromatic nitrogens is 1. The Labute approximate surface area is 140 Å². The molecule has 0 bridgehead atoms. The van der Waals surface area contributed by atoms with Crippen LogP contribution in [-0.2, 0) is 6.54 Å². The fourth-order valence-corrected chi connectivity index (χ4v) is 2.48. The average molecular weight is 324 g/mol. The first-order chi connectivity index (χ1) is 11.8. The Morgan fingerprint density at radius 3 is 2.67 bits per heavy atom. The highest BCUT2D eigenvalue weighted by molar-refractivity contribution is 5.93. The summed E-state index contributed by atoms with van der Waals surface area (Å²) in [5, 5.41) is 3.92. The summed E-state index contributed by atoms with van der Waals surface area (Å²) in [6.45, 7) is 3.35. The molecule has 0 spiro atoms. The second-order valence-electron chi connectivity index (χ2n) is 5.62. The van der Waals surface area contributed by atoms with E-state index >= 15 is 0 Å². The topological polar surface area (TPSA) is 59.5 Å². The van der Waals surface area contributed by atoms with Gasteiger partial charge in [0.25, 0.3) is 5.91 Å². The van der Waals surface area contributed by atoms with E-state index < -0.39 is 0 Å². The first-order valence-electron chi connectivity index (χ1n) is 8.11. The van der Waals surface area contributed by atoms with Crippen molar-refractivity contribution in [3.63, 3.8) is 0 Å². The van der Waals surface area contributed by atoms with Crippen molar-refractivity contribution in [2.75, 3.05) is 6.54 Å². The van der Waals surface area contributed by atoms with Crippen LogP contribution in [0.2, 0.25) is 0 Å². The van der Waals surface area contributed by atoms with Crippen LogP contribution in [0.4, 0.5) is 0 Å². The Morgan fingerprint density at radius 1 is 1.12 bits per heavy atom. The highest BCUT2D eigenvalue weighted by atomic mass is 16.5. The third-order valence-electron chi connectivity index (χ3n) is 3.78. The van der Waals surface area contributed by atoms with E-state index in [-0.39, 0.29) is 5.91 Å². The summed E-state index contributed by atoms with van der Waals surface area (Å²) < 4.78 is 10.5. The number of furan rings is 1. The van der Waals surface area contributed by atoms with Crippen molar-refractivity contribution < 1.29 is 13.7 Å². The first-order valence-corrected chi connectivity index (χ1v) is 8.11. The molecular weight excluding hydrogens is 304 g/mol. The molecule has 0 N–H and O–H groups in total. The number of carbonyl (C=O) groups excluding carboxylic acids is 1. The summed E-state index contributed by atoms with van der Waals surface area (Å²) in [5.74, 6) is 0.886. The zero-order chi connectivity index (χ0) is 16.8. The minimum Gasteiger partial charge on any atom is -0.461 e. The van der Waals surface area contributed by atoms with Crippen molar-refractivity contribution in [1.29, 1.82) is 0 Å². The zero-order valence-corrected chi connectivity index (χ0v) is 13.6. The third kappa shape index (κ3) is 3.74. The Morgan fingerprint density at radius 2 is 1.96 bits per heavy atom. The predicted molar refractivity (Wildman–Crippen MR) is 90.3 cm³/mol. The van der Waals surface area contributed by atoms with Crippen LogP contribution in [0.3, 0.4) is 0 Å². The molecule has 0 saturated carbocycles. The van der Waals surface area contributed by atoms with E-state index in [0.29, 0.717) is 30.3 Å². The zero-order valence-electron chi connectivity index (χ0n) is 13.6. The Hall–Kier alpha value is -2.82. The van der Waals surface area contributed by atoms with Gasteiger partial charge in [-0.25, -0.2) is 0 Å². The molecule has 0 unspecified atom stereocenters. The molecule has 124 valence electrons. The van der Waals surface area contributed by atoms with Crippen LogP contribution in [0, 0.1) is 0 Å². The van der Waals surface area contributed by atoms with E-state index in [1.807, 2.05) is 35.2 Å². The number of amides is 1. The number of carbonyl (C=O) groups is 1. The van der Waals surface area contributed by atoms with Crippen LogP contribution in [0.5, 0.6) is 0 Å². The number of nitrogens with zero attached hydrogens (tertiary/aromatic N) is 2. The Balaban J connectivity index is 1.77. The van der Waals surface area contributed by atoms with Gasteiger partial charge in [0.1, 0.15) is 0 Å². The Kier molecular flexibility index (Phi) is 5.11. The van der Waals surface area contributed by atoms with Crippen LogP contribution in [0.25, 0.3) is 11.5 Å². The summed E-state index contributed by atoms with van der Waals surface area (Å²) >= 11 is 0. The normalized spacial score (nSPS) is 10.7. The molecule has 0 fully saturated rings. The molecule has 5 heteroatoms. The van der Waals surface area contributed by atoms with Crippen molar-refractivity contribution in [2.45, 2.75) is 26.3 Å². The summed E-state index contributed by atoms with van der Waals surface area (Å²) in [6, 6.07) is 15.1. The molecule has 0 aliphatic heterocycles. The van der Waals surface area contributed by atoms with Gasteiger partial charge in [-0.3, -0.25) is 4.79 Å².